The summed E-state index contributed by atoms with van der Waals surface area (Å²) in [7, 11) is 0. The van der Waals surface area contributed by atoms with Crippen LogP contribution in [-0.4, -0.2) is 51.3 Å². The molecule has 0 N–H and O–H groups in total. The van der Waals surface area contributed by atoms with Crippen molar-refractivity contribution in [3.05, 3.63) is 107 Å². The largest absolute Gasteiger partial charge is 0.369 e. The van der Waals surface area contributed by atoms with Crippen LogP contribution >= 0.6 is 0 Å². The highest BCUT2D eigenvalue weighted by Crippen LogP contribution is 2.29. The molecule has 1 atom stereocenters. The zero-order valence-corrected chi connectivity index (χ0v) is 19.0. The van der Waals surface area contributed by atoms with Crippen LogP contribution in [0.15, 0.2) is 84.9 Å². The summed E-state index contributed by atoms with van der Waals surface area (Å²) in [5, 5.41) is 22.3. The number of para-hydroxylation sites is 1. The Bertz CT molecular complexity index is 1240. The molecular weight excluding hydrogens is 422 g/mol. The van der Waals surface area contributed by atoms with Gasteiger partial charge in [0.15, 0.2) is 5.82 Å². The van der Waals surface area contributed by atoms with Crippen molar-refractivity contribution in [2.24, 2.45) is 0 Å². The van der Waals surface area contributed by atoms with Gasteiger partial charge < -0.3 is 4.90 Å². The van der Waals surface area contributed by atoms with Crippen LogP contribution in [0.3, 0.4) is 0 Å². The first kappa shape index (κ1) is 21.8. The molecule has 4 aromatic rings. The van der Waals surface area contributed by atoms with Crippen LogP contribution < -0.4 is 4.90 Å². The summed E-state index contributed by atoms with van der Waals surface area (Å²) in [6.45, 7) is 4.29. The van der Waals surface area contributed by atoms with E-state index in [1.165, 1.54) is 11.3 Å². The van der Waals surface area contributed by atoms with Gasteiger partial charge in [0, 0.05) is 38.4 Å². The lowest BCUT2D eigenvalue weighted by atomic mass is 10.0. The van der Waals surface area contributed by atoms with Crippen molar-refractivity contribution in [3.63, 3.8) is 0 Å². The van der Waals surface area contributed by atoms with E-state index in [1.807, 2.05) is 35.0 Å². The monoisotopic (exact) mass is 449 g/mol. The van der Waals surface area contributed by atoms with E-state index in [0.717, 1.165) is 44.0 Å². The number of rotatable bonds is 7. The van der Waals surface area contributed by atoms with Crippen LogP contribution in [0.1, 0.15) is 28.6 Å². The summed E-state index contributed by atoms with van der Waals surface area (Å²) >= 11 is 0. The van der Waals surface area contributed by atoms with E-state index < -0.39 is 0 Å². The molecule has 1 aliphatic rings. The Kier molecular flexibility index (Phi) is 6.59. The second-order valence-electron chi connectivity index (χ2n) is 8.49. The molecule has 0 saturated carbocycles. The maximum Gasteiger partial charge on any atom is 0.173 e. The van der Waals surface area contributed by atoms with E-state index in [0.29, 0.717) is 12.1 Å². The topological polar surface area (TPSA) is 73.9 Å². The maximum atomic E-state index is 9.49. The second kappa shape index (κ2) is 10.3. The van der Waals surface area contributed by atoms with Gasteiger partial charge in [0.2, 0.25) is 0 Å². The van der Waals surface area contributed by atoms with Crippen LogP contribution in [-0.2, 0) is 13.0 Å². The molecule has 0 aliphatic carbocycles. The van der Waals surface area contributed by atoms with Crippen LogP contribution in [0, 0.1) is 11.3 Å². The van der Waals surface area contributed by atoms with Gasteiger partial charge in [0.1, 0.15) is 0 Å². The SMILES string of the molecule is N#Cc1cccc([C@@H](c2nnnn2CCc2ccccc2)N2CCN(c3ccccc3)CC2)c1. The number of anilines is 1. The highest BCUT2D eigenvalue weighted by molar-refractivity contribution is 5.46. The summed E-state index contributed by atoms with van der Waals surface area (Å²) in [6.07, 6.45) is 0.853. The lowest BCUT2D eigenvalue weighted by molar-refractivity contribution is 0.200. The normalized spacial score (nSPS) is 15.1. The molecule has 170 valence electrons. The lowest BCUT2D eigenvalue weighted by Gasteiger charge is -2.40. The third-order valence-electron chi connectivity index (χ3n) is 6.39. The summed E-state index contributed by atoms with van der Waals surface area (Å²) in [6, 6.07) is 30.9. The van der Waals surface area contributed by atoms with E-state index in [-0.39, 0.29) is 6.04 Å². The lowest BCUT2D eigenvalue weighted by Crippen LogP contribution is -2.48. The first-order valence-corrected chi connectivity index (χ1v) is 11.7. The molecule has 2 heterocycles. The molecule has 1 fully saturated rings. The number of tetrazole rings is 1. The van der Waals surface area contributed by atoms with Crippen molar-refractivity contribution in [1.82, 2.24) is 25.1 Å². The second-order valence-corrected chi connectivity index (χ2v) is 8.49. The number of benzene rings is 3. The van der Waals surface area contributed by atoms with E-state index in [4.69, 9.17) is 0 Å². The molecule has 0 bridgehead atoms. The maximum absolute atomic E-state index is 9.49. The van der Waals surface area contributed by atoms with Crippen molar-refractivity contribution in [2.45, 2.75) is 19.0 Å². The Hall–Kier alpha value is -4.02. The Labute approximate surface area is 199 Å². The Morgan fingerprint density at radius 3 is 2.32 bits per heavy atom. The van der Waals surface area contributed by atoms with Gasteiger partial charge >= 0.3 is 0 Å². The van der Waals surface area contributed by atoms with Crippen molar-refractivity contribution in [3.8, 4) is 6.07 Å². The van der Waals surface area contributed by atoms with Gasteiger partial charge in [0.05, 0.1) is 17.7 Å². The molecule has 5 rings (SSSR count). The zero-order valence-electron chi connectivity index (χ0n) is 19.0. The molecule has 0 amide bonds. The van der Waals surface area contributed by atoms with Crippen LogP contribution in [0.4, 0.5) is 5.69 Å². The summed E-state index contributed by atoms with van der Waals surface area (Å²) in [5.74, 6) is 0.819. The summed E-state index contributed by atoms with van der Waals surface area (Å²) < 4.78 is 1.92. The number of nitriles is 1. The number of aryl methyl sites for hydroxylation is 2. The minimum atomic E-state index is -0.114. The molecular formula is C27H27N7. The van der Waals surface area contributed by atoms with Crippen molar-refractivity contribution in [2.75, 3.05) is 31.1 Å². The smallest absolute Gasteiger partial charge is 0.173 e. The fourth-order valence-electron chi connectivity index (χ4n) is 4.62. The van der Waals surface area contributed by atoms with Gasteiger partial charge in [-0.25, -0.2) is 4.68 Å². The molecule has 0 spiro atoms. The van der Waals surface area contributed by atoms with Gasteiger partial charge in [-0.3, -0.25) is 4.90 Å². The average Bonchev–Trinajstić information content (AvgIpc) is 3.37. The summed E-state index contributed by atoms with van der Waals surface area (Å²) in [4.78, 5) is 4.85. The van der Waals surface area contributed by atoms with Crippen molar-refractivity contribution in [1.29, 1.82) is 5.26 Å². The zero-order chi connectivity index (χ0) is 23.2. The number of hydrogen-bond acceptors (Lipinski definition) is 6. The van der Waals surface area contributed by atoms with E-state index in [2.05, 4.69) is 86.0 Å². The molecule has 7 heteroatoms. The molecule has 1 aromatic heterocycles. The highest BCUT2D eigenvalue weighted by atomic mass is 15.6. The minimum absolute atomic E-state index is 0.114. The molecule has 34 heavy (non-hydrogen) atoms. The fraction of sp³-hybridized carbons (Fsp3) is 0.259. The van der Waals surface area contributed by atoms with Gasteiger partial charge in [-0.2, -0.15) is 5.26 Å². The van der Waals surface area contributed by atoms with E-state index in [1.54, 1.807) is 0 Å². The fourth-order valence-corrected chi connectivity index (χ4v) is 4.62. The Balaban J connectivity index is 1.41. The quantitative estimate of drug-likeness (QED) is 0.428. The predicted molar refractivity (Wildman–Crippen MR) is 131 cm³/mol. The molecule has 1 aliphatic heterocycles. The molecule has 7 nitrogen and oxygen atoms in total. The predicted octanol–water partition coefficient (Wildman–Crippen LogP) is 3.70. The van der Waals surface area contributed by atoms with Gasteiger partial charge in [-0.05, 0) is 52.2 Å². The minimum Gasteiger partial charge on any atom is -0.369 e. The number of hydrogen-bond donors (Lipinski definition) is 0. The Morgan fingerprint density at radius 2 is 1.59 bits per heavy atom. The van der Waals surface area contributed by atoms with Gasteiger partial charge in [0.25, 0.3) is 0 Å². The standard InChI is InChI=1S/C27H27N7/c28-21-23-10-7-11-24(20-23)26(33-18-16-32(17-19-33)25-12-5-2-6-13-25)27-29-30-31-34(27)15-14-22-8-3-1-4-9-22/h1-13,20,26H,14-19H2/t26-/m0/s1. The molecule has 0 radical (unpaired) electrons. The van der Waals surface area contributed by atoms with Gasteiger partial charge in [-0.1, -0.05) is 60.7 Å². The third kappa shape index (κ3) is 4.82. The molecule has 3 aromatic carbocycles. The first-order valence-electron chi connectivity index (χ1n) is 11.7. The highest BCUT2D eigenvalue weighted by Gasteiger charge is 2.30. The van der Waals surface area contributed by atoms with Crippen LogP contribution in [0.2, 0.25) is 0 Å². The number of piperazine rings is 1. The summed E-state index contributed by atoms with van der Waals surface area (Å²) in [5.41, 5.74) is 4.19. The van der Waals surface area contributed by atoms with Gasteiger partial charge in [-0.15, -0.1) is 5.10 Å². The van der Waals surface area contributed by atoms with Crippen LogP contribution in [0.5, 0.6) is 0 Å². The van der Waals surface area contributed by atoms with Crippen LogP contribution in [0.25, 0.3) is 0 Å². The first-order chi connectivity index (χ1) is 16.8. The van der Waals surface area contributed by atoms with E-state index >= 15 is 0 Å². The van der Waals surface area contributed by atoms with Crippen molar-refractivity contribution < 1.29 is 0 Å². The average molecular weight is 450 g/mol. The molecule has 1 saturated heterocycles. The third-order valence-corrected chi connectivity index (χ3v) is 6.39. The molecule has 0 unspecified atom stereocenters. The number of nitrogens with zero attached hydrogens (tertiary/aromatic N) is 7. The van der Waals surface area contributed by atoms with Crippen molar-refractivity contribution >= 4 is 5.69 Å². The number of aromatic nitrogens is 4. The Morgan fingerprint density at radius 1 is 0.853 bits per heavy atom. The van der Waals surface area contributed by atoms with E-state index in [9.17, 15) is 5.26 Å².